The van der Waals surface area contributed by atoms with Gasteiger partial charge in [-0.2, -0.15) is 0 Å². The fourth-order valence-corrected chi connectivity index (χ4v) is 3.18. The van der Waals surface area contributed by atoms with Crippen LogP contribution < -0.4 is 0 Å². The van der Waals surface area contributed by atoms with Crippen LogP contribution in [0.25, 0.3) is 0 Å². The first-order valence-corrected chi connectivity index (χ1v) is 6.76. The Balaban J connectivity index is 2.18. The van der Waals surface area contributed by atoms with E-state index >= 15 is 0 Å². The number of aromatic nitrogens is 1. The summed E-state index contributed by atoms with van der Waals surface area (Å²) in [6, 6.07) is 0. The maximum atomic E-state index is 5.72. The summed E-state index contributed by atoms with van der Waals surface area (Å²) >= 11 is 1.73. The normalized spacial score (nSPS) is 19.9. The molecule has 0 amide bonds. The smallest absolute Gasteiger partial charge is 0.125 e. The van der Waals surface area contributed by atoms with Gasteiger partial charge in [0.05, 0.1) is 5.69 Å². The molecule has 0 atom stereocenters. The lowest BCUT2D eigenvalue weighted by molar-refractivity contribution is -0.0948. The van der Waals surface area contributed by atoms with Crippen molar-refractivity contribution in [2.24, 2.45) is 0 Å². The van der Waals surface area contributed by atoms with E-state index in [0.717, 1.165) is 43.9 Å². The van der Waals surface area contributed by atoms with Crippen LogP contribution in [0.3, 0.4) is 0 Å². The van der Waals surface area contributed by atoms with Gasteiger partial charge in [0.15, 0.2) is 0 Å². The van der Waals surface area contributed by atoms with E-state index in [1.165, 1.54) is 5.69 Å². The van der Waals surface area contributed by atoms with E-state index in [2.05, 4.69) is 12.3 Å². The van der Waals surface area contributed by atoms with E-state index in [-0.39, 0.29) is 5.60 Å². The van der Waals surface area contributed by atoms with E-state index in [1.807, 2.05) is 0 Å². The Morgan fingerprint density at radius 3 is 2.88 bits per heavy atom. The lowest BCUT2D eigenvalue weighted by Crippen LogP contribution is -2.35. The minimum atomic E-state index is -0.186. The molecule has 0 aliphatic carbocycles. The molecule has 1 aromatic heterocycles. The average Bonchev–Trinajstić information content (AvgIpc) is 2.80. The molecule has 3 nitrogen and oxygen atoms in total. The van der Waals surface area contributed by atoms with Crippen LogP contribution >= 0.6 is 11.3 Å². The second-order valence-corrected chi connectivity index (χ2v) is 5.06. The highest BCUT2D eigenvalue weighted by Gasteiger charge is 2.37. The van der Waals surface area contributed by atoms with Crippen molar-refractivity contribution in [3.63, 3.8) is 0 Å². The molecule has 16 heavy (non-hydrogen) atoms. The van der Waals surface area contributed by atoms with Crippen molar-refractivity contribution in [3.8, 4) is 0 Å². The van der Waals surface area contributed by atoms with Crippen molar-refractivity contribution >= 4 is 11.3 Å². The quantitative estimate of drug-likeness (QED) is 0.812. The summed E-state index contributed by atoms with van der Waals surface area (Å²) in [7, 11) is 1.78. The van der Waals surface area contributed by atoms with Gasteiger partial charge in [-0.1, -0.05) is 13.3 Å². The molecule has 90 valence electrons. The van der Waals surface area contributed by atoms with Crippen LogP contribution in [0.4, 0.5) is 0 Å². The molecule has 1 saturated heterocycles. The summed E-state index contributed by atoms with van der Waals surface area (Å²) in [6.07, 6.45) is 4.05. The van der Waals surface area contributed by atoms with Crippen molar-refractivity contribution in [3.05, 3.63) is 16.1 Å². The molecular weight excluding hydrogens is 222 g/mol. The molecule has 2 rings (SSSR count). The second-order valence-electron chi connectivity index (χ2n) is 4.20. The zero-order valence-corrected chi connectivity index (χ0v) is 10.8. The zero-order valence-electron chi connectivity index (χ0n) is 9.99. The number of thiazole rings is 1. The molecule has 2 heterocycles. The first-order valence-electron chi connectivity index (χ1n) is 5.88. The van der Waals surface area contributed by atoms with Crippen molar-refractivity contribution < 1.29 is 9.47 Å². The van der Waals surface area contributed by atoms with Gasteiger partial charge in [-0.25, -0.2) is 4.98 Å². The summed E-state index contributed by atoms with van der Waals surface area (Å²) in [5, 5.41) is 3.29. The molecule has 0 N–H and O–H groups in total. The van der Waals surface area contributed by atoms with Crippen LogP contribution in [0.1, 0.15) is 36.9 Å². The molecule has 1 aromatic rings. The molecule has 1 aliphatic heterocycles. The second kappa shape index (κ2) is 5.25. The molecular formula is C12H19NO2S. The van der Waals surface area contributed by atoms with Crippen LogP contribution in [0.2, 0.25) is 0 Å². The topological polar surface area (TPSA) is 31.4 Å². The van der Waals surface area contributed by atoms with E-state index in [1.54, 1.807) is 18.4 Å². The Bertz CT molecular complexity index is 332. The van der Waals surface area contributed by atoms with Gasteiger partial charge >= 0.3 is 0 Å². The van der Waals surface area contributed by atoms with E-state index in [0.29, 0.717) is 0 Å². The SMILES string of the molecule is CCCc1csc(C2(OC)CCOCC2)n1. The van der Waals surface area contributed by atoms with Gasteiger partial charge in [0.25, 0.3) is 0 Å². The molecule has 0 aromatic carbocycles. The Hall–Kier alpha value is -0.450. The number of nitrogens with zero attached hydrogens (tertiary/aromatic N) is 1. The predicted octanol–water partition coefficient (Wildman–Crippen LogP) is 2.75. The summed E-state index contributed by atoms with van der Waals surface area (Å²) < 4.78 is 11.1. The fraction of sp³-hybridized carbons (Fsp3) is 0.750. The van der Waals surface area contributed by atoms with Gasteiger partial charge in [0.1, 0.15) is 10.6 Å². The lowest BCUT2D eigenvalue weighted by atomic mass is 9.95. The highest BCUT2D eigenvalue weighted by Crippen LogP contribution is 2.37. The third-order valence-electron chi connectivity index (χ3n) is 3.14. The van der Waals surface area contributed by atoms with E-state index < -0.39 is 0 Å². The number of aryl methyl sites for hydroxylation is 1. The number of hydrogen-bond acceptors (Lipinski definition) is 4. The highest BCUT2D eigenvalue weighted by molar-refractivity contribution is 7.09. The predicted molar refractivity (Wildman–Crippen MR) is 64.8 cm³/mol. The molecule has 0 unspecified atom stereocenters. The molecule has 0 bridgehead atoms. The van der Waals surface area contributed by atoms with Gasteiger partial charge < -0.3 is 9.47 Å². The Morgan fingerprint density at radius 1 is 1.50 bits per heavy atom. The molecule has 1 fully saturated rings. The van der Waals surface area contributed by atoms with Crippen LogP contribution in [0, 0.1) is 0 Å². The monoisotopic (exact) mass is 241 g/mol. The number of hydrogen-bond donors (Lipinski definition) is 0. The summed E-state index contributed by atoms with van der Waals surface area (Å²) in [4.78, 5) is 4.70. The molecule has 0 spiro atoms. The lowest BCUT2D eigenvalue weighted by Gasteiger charge is -2.33. The van der Waals surface area contributed by atoms with Gasteiger partial charge in [-0.3, -0.25) is 0 Å². The Morgan fingerprint density at radius 2 is 2.25 bits per heavy atom. The minimum Gasteiger partial charge on any atom is -0.381 e. The van der Waals surface area contributed by atoms with E-state index in [9.17, 15) is 0 Å². The van der Waals surface area contributed by atoms with Gasteiger partial charge in [-0.05, 0) is 6.42 Å². The zero-order chi connectivity index (χ0) is 11.4. The fourth-order valence-electron chi connectivity index (χ4n) is 2.09. The standard InChI is InChI=1S/C12H19NO2S/c1-3-4-10-9-16-11(13-10)12(14-2)5-7-15-8-6-12/h9H,3-8H2,1-2H3. The minimum absolute atomic E-state index is 0.186. The van der Waals surface area contributed by atoms with Gasteiger partial charge in [0.2, 0.25) is 0 Å². The van der Waals surface area contributed by atoms with Crippen molar-refractivity contribution in [1.29, 1.82) is 0 Å². The van der Waals surface area contributed by atoms with Crippen LogP contribution in [0.15, 0.2) is 5.38 Å². The third kappa shape index (κ3) is 2.29. The van der Waals surface area contributed by atoms with Crippen LogP contribution in [0.5, 0.6) is 0 Å². The number of ether oxygens (including phenoxy) is 2. The van der Waals surface area contributed by atoms with Crippen molar-refractivity contribution in [2.45, 2.75) is 38.2 Å². The Kier molecular flexibility index (Phi) is 3.95. The average molecular weight is 241 g/mol. The first kappa shape index (κ1) is 12.0. The number of methoxy groups -OCH3 is 1. The molecule has 0 radical (unpaired) electrons. The van der Waals surface area contributed by atoms with Gasteiger partial charge in [-0.15, -0.1) is 11.3 Å². The highest BCUT2D eigenvalue weighted by atomic mass is 32.1. The third-order valence-corrected chi connectivity index (χ3v) is 4.22. The maximum absolute atomic E-state index is 5.72. The first-order chi connectivity index (χ1) is 7.80. The molecule has 0 saturated carbocycles. The summed E-state index contributed by atoms with van der Waals surface area (Å²) in [6.45, 7) is 3.73. The van der Waals surface area contributed by atoms with E-state index in [4.69, 9.17) is 14.5 Å². The maximum Gasteiger partial charge on any atom is 0.125 e. The van der Waals surface area contributed by atoms with Gasteiger partial charge in [0, 0.05) is 38.5 Å². The molecule has 4 heteroatoms. The van der Waals surface area contributed by atoms with Crippen molar-refractivity contribution in [2.75, 3.05) is 20.3 Å². The number of rotatable bonds is 4. The largest absolute Gasteiger partial charge is 0.381 e. The Labute approximate surface area is 101 Å². The van der Waals surface area contributed by atoms with Crippen molar-refractivity contribution in [1.82, 2.24) is 4.98 Å². The van der Waals surface area contributed by atoms with Crippen LogP contribution in [-0.4, -0.2) is 25.3 Å². The summed E-state index contributed by atoms with van der Waals surface area (Å²) in [5.41, 5.74) is 1.01. The molecule has 1 aliphatic rings. The van der Waals surface area contributed by atoms with Crippen LogP contribution in [-0.2, 0) is 21.5 Å². The summed E-state index contributed by atoms with van der Waals surface area (Å²) in [5.74, 6) is 0.